The van der Waals surface area contributed by atoms with Crippen LogP contribution in [0.5, 0.6) is 0 Å². The fraction of sp³-hybridized carbons (Fsp3) is 0.188. The number of hydrogen-bond acceptors (Lipinski definition) is 3. The average Bonchev–Trinajstić information content (AvgIpc) is 2.48. The second kappa shape index (κ2) is 7.12. The van der Waals surface area contributed by atoms with E-state index in [2.05, 4.69) is 6.07 Å². The molecule has 0 radical (unpaired) electrons. The van der Waals surface area contributed by atoms with Crippen molar-refractivity contribution < 1.29 is 15.0 Å². The highest BCUT2D eigenvalue weighted by atomic mass is 32.2. The van der Waals surface area contributed by atoms with E-state index in [9.17, 15) is 4.79 Å². The highest BCUT2D eigenvalue weighted by Gasteiger charge is 2.05. The first kappa shape index (κ1) is 14.6. The van der Waals surface area contributed by atoms with Crippen molar-refractivity contribution in [3.63, 3.8) is 0 Å². The number of carboxylic acids is 1. The first-order chi connectivity index (χ1) is 9.70. The zero-order valence-electron chi connectivity index (χ0n) is 11.0. The number of thioether (sulfide) groups is 1. The van der Waals surface area contributed by atoms with Crippen molar-refractivity contribution in [1.82, 2.24) is 0 Å². The van der Waals surface area contributed by atoms with Crippen molar-refractivity contribution in [3.05, 3.63) is 59.7 Å². The van der Waals surface area contributed by atoms with E-state index in [1.54, 1.807) is 30.0 Å². The van der Waals surface area contributed by atoms with Crippen LogP contribution in [0, 0.1) is 0 Å². The normalized spacial score (nSPS) is 10.4. The monoisotopic (exact) mass is 288 g/mol. The molecule has 0 aliphatic heterocycles. The summed E-state index contributed by atoms with van der Waals surface area (Å²) in [7, 11) is 0. The summed E-state index contributed by atoms with van der Waals surface area (Å²) >= 11 is 1.67. The van der Waals surface area contributed by atoms with Gasteiger partial charge in [0, 0.05) is 11.5 Å². The maximum Gasteiger partial charge on any atom is 0.335 e. The van der Waals surface area contributed by atoms with E-state index in [0.29, 0.717) is 5.56 Å². The van der Waals surface area contributed by atoms with E-state index in [1.165, 1.54) is 5.56 Å². The minimum atomic E-state index is -0.915. The molecule has 0 bridgehead atoms. The third-order valence-corrected chi connectivity index (χ3v) is 3.88. The SMILES string of the molecule is O=C(O)c1cccc(-c2cccc(CSCCO)c2)c1. The Morgan fingerprint density at radius 3 is 2.45 bits per heavy atom. The standard InChI is InChI=1S/C16H16O3S/c17-7-8-20-11-12-3-1-4-13(9-12)14-5-2-6-15(10-14)16(18)19/h1-6,9-10,17H,7-8,11H2,(H,18,19). The molecular weight excluding hydrogens is 272 g/mol. The fourth-order valence-corrected chi connectivity index (χ4v) is 2.62. The molecule has 0 aliphatic rings. The van der Waals surface area contributed by atoms with Crippen LogP contribution < -0.4 is 0 Å². The quantitative estimate of drug-likeness (QED) is 0.801. The van der Waals surface area contributed by atoms with Crippen LogP contribution in [0.1, 0.15) is 15.9 Å². The summed E-state index contributed by atoms with van der Waals surface area (Å²) in [6.07, 6.45) is 0. The molecule has 0 spiro atoms. The second-order valence-electron chi connectivity index (χ2n) is 4.36. The van der Waals surface area contributed by atoms with Gasteiger partial charge in [0.2, 0.25) is 0 Å². The number of hydrogen-bond donors (Lipinski definition) is 2. The highest BCUT2D eigenvalue weighted by molar-refractivity contribution is 7.98. The van der Waals surface area contributed by atoms with E-state index in [-0.39, 0.29) is 6.61 Å². The summed E-state index contributed by atoms with van der Waals surface area (Å²) in [5.41, 5.74) is 3.37. The lowest BCUT2D eigenvalue weighted by atomic mass is 10.0. The molecule has 0 amide bonds. The lowest BCUT2D eigenvalue weighted by Gasteiger charge is -2.06. The van der Waals surface area contributed by atoms with Crippen molar-refractivity contribution >= 4 is 17.7 Å². The Kier molecular flexibility index (Phi) is 5.21. The van der Waals surface area contributed by atoms with Gasteiger partial charge in [-0.3, -0.25) is 0 Å². The van der Waals surface area contributed by atoms with Crippen LogP contribution in [0.2, 0.25) is 0 Å². The minimum Gasteiger partial charge on any atom is -0.478 e. The first-order valence-corrected chi connectivity index (χ1v) is 7.47. The molecule has 104 valence electrons. The molecule has 0 fully saturated rings. The Morgan fingerprint density at radius 1 is 1.05 bits per heavy atom. The van der Waals surface area contributed by atoms with Crippen molar-refractivity contribution in [1.29, 1.82) is 0 Å². The molecule has 0 atom stereocenters. The molecule has 0 saturated heterocycles. The molecule has 2 N–H and O–H groups in total. The van der Waals surface area contributed by atoms with Gasteiger partial charge >= 0.3 is 5.97 Å². The van der Waals surface area contributed by atoms with Gasteiger partial charge in [-0.15, -0.1) is 0 Å². The Hall–Kier alpha value is -1.78. The number of aliphatic hydroxyl groups excluding tert-OH is 1. The van der Waals surface area contributed by atoms with Crippen molar-refractivity contribution in [2.45, 2.75) is 5.75 Å². The Bertz CT molecular complexity index is 596. The molecular formula is C16H16O3S. The molecule has 0 aromatic heterocycles. The number of rotatable bonds is 6. The summed E-state index contributed by atoms with van der Waals surface area (Å²) in [5, 5.41) is 17.8. The van der Waals surface area contributed by atoms with Gasteiger partial charge < -0.3 is 10.2 Å². The topological polar surface area (TPSA) is 57.5 Å². The molecule has 0 saturated carbocycles. The van der Waals surface area contributed by atoms with Gasteiger partial charge in [-0.05, 0) is 28.8 Å². The van der Waals surface area contributed by atoms with Gasteiger partial charge in [-0.25, -0.2) is 4.79 Å². The van der Waals surface area contributed by atoms with Gasteiger partial charge in [0.05, 0.1) is 12.2 Å². The van der Waals surface area contributed by atoms with Gasteiger partial charge in [-0.1, -0.05) is 36.4 Å². The van der Waals surface area contributed by atoms with Gasteiger partial charge in [0.15, 0.2) is 0 Å². The number of aliphatic hydroxyl groups is 1. The zero-order valence-corrected chi connectivity index (χ0v) is 11.8. The van der Waals surface area contributed by atoms with Gasteiger partial charge in [-0.2, -0.15) is 11.8 Å². The molecule has 2 rings (SSSR count). The molecule has 2 aromatic carbocycles. The van der Waals surface area contributed by atoms with Gasteiger partial charge in [0.1, 0.15) is 0 Å². The zero-order chi connectivity index (χ0) is 14.4. The van der Waals surface area contributed by atoms with Crippen LogP contribution in [-0.4, -0.2) is 28.5 Å². The maximum absolute atomic E-state index is 11.0. The molecule has 3 nitrogen and oxygen atoms in total. The molecule has 0 heterocycles. The Labute approximate surface area is 122 Å². The summed E-state index contributed by atoms with van der Waals surface area (Å²) < 4.78 is 0. The Balaban J connectivity index is 2.22. The molecule has 20 heavy (non-hydrogen) atoms. The van der Waals surface area contributed by atoms with Crippen LogP contribution in [0.15, 0.2) is 48.5 Å². The highest BCUT2D eigenvalue weighted by Crippen LogP contribution is 2.23. The van der Waals surface area contributed by atoms with Crippen molar-refractivity contribution in [2.24, 2.45) is 0 Å². The second-order valence-corrected chi connectivity index (χ2v) is 5.47. The van der Waals surface area contributed by atoms with Gasteiger partial charge in [0.25, 0.3) is 0 Å². The summed E-state index contributed by atoms with van der Waals surface area (Å²) in [6, 6.07) is 15.0. The van der Waals surface area contributed by atoms with E-state index in [0.717, 1.165) is 22.6 Å². The van der Waals surface area contributed by atoms with E-state index in [1.807, 2.05) is 24.3 Å². The van der Waals surface area contributed by atoms with Crippen molar-refractivity contribution in [3.8, 4) is 11.1 Å². The summed E-state index contributed by atoms with van der Waals surface area (Å²) in [6.45, 7) is 0.186. The van der Waals surface area contributed by atoms with Crippen molar-refractivity contribution in [2.75, 3.05) is 12.4 Å². The van der Waals surface area contributed by atoms with Crippen LogP contribution in [0.3, 0.4) is 0 Å². The molecule has 4 heteroatoms. The number of carboxylic acid groups (broad SMARTS) is 1. The minimum absolute atomic E-state index is 0.186. The molecule has 2 aromatic rings. The number of carbonyl (C=O) groups is 1. The van der Waals surface area contributed by atoms with E-state index in [4.69, 9.17) is 10.2 Å². The summed E-state index contributed by atoms with van der Waals surface area (Å²) in [4.78, 5) is 11.0. The maximum atomic E-state index is 11.0. The predicted molar refractivity (Wildman–Crippen MR) is 82.1 cm³/mol. The molecule has 0 aliphatic carbocycles. The fourth-order valence-electron chi connectivity index (χ4n) is 1.93. The lowest BCUT2D eigenvalue weighted by molar-refractivity contribution is 0.0697. The van der Waals surface area contributed by atoms with E-state index < -0.39 is 5.97 Å². The van der Waals surface area contributed by atoms with Crippen LogP contribution >= 0.6 is 11.8 Å². The smallest absolute Gasteiger partial charge is 0.335 e. The number of aromatic carboxylic acids is 1. The van der Waals surface area contributed by atoms with E-state index >= 15 is 0 Å². The van der Waals surface area contributed by atoms with Crippen LogP contribution in [0.4, 0.5) is 0 Å². The summed E-state index contributed by atoms with van der Waals surface area (Å²) in [5.74, 6) is 0.646. The Morgan fingerprint density at radius 2 is 1.75 bits per heavy atom. The average molecular weight is 288 g/mol. The number of benzene rings is 2. The van der Waals surface area contributed by atoms with Crippen LogP contribution in [0.25, 0.3) is 11.1 Å². The van der Waals surface area contributed by atoms with Crippen LogP contribution in [-0.2, 0) is 5.75 Å². The third kappa shape index (κ3) is 3.85. The molecule has 0 unspecified atom stereocenters. The first-order valence-electron chi connectivity index (χ1n) is 6.32. The largest absolute Gasteiger partial charge is 0.478 e. The lowest BCUT2D eigenvalue weighted by Crippen LogP contribution is -1.95. The third-order valence-electron chi connectivity index (χ3n) is 2.87. The predicted octanol–water partition coefficient (Wildman–Crippen LogP) is 3.28.